The van der Waals surface area contributed by atoms with Gasteiger partial charge in [0.2, 0.25) is 5.91 Å². The minimum atomic E-state index is -0.974. The Morgan fingerprint density at radius 2 is 1.95 bits per heavy atom. The Kier molecular flexibility index (Phi) is 3.85. The number of carbonyl (C=O) groups excluding carboxylic acids is 1. The average Bonchev–Trinajstić information content (AvgIpc) is 2.84. The molecule has 1 aromatic carbocycles. The summed E-state index contributed by atoms with van der Waals surface area (Å²) < 4.78 is 5.40. The van der Waals surface area contributed by atoms with Crippen LogP contribution in [0.3, 0.4) is 0 Å². The molecule has 0 radical (unpaired) electrons. The van der Waals surface area contributed by atoms with Gasteiger partial charge in [-0.3, -0.25) is 4.79 Å². The molecule has 1 heterocycles. The van der Waals surface area contributed by atoms with Crippen LogP contribution in [0.1, 0.15) is 23.7 Å². The van der Waals surface area contributed by atoms with Crippen molar-refractivity contribution in [3.05, 3.63) is 29.8 Å². The highest BCUT2D eigenvalue weighted by Gasteiger charge is 2.30. The van der Waals surface area contributed by atoms with Crippen molar-refractivity contribution in [3.8, 4) is 0 Å². The molecular formula is C14H17NO4. The average molecular weight is 263 g/mol. The lowest BCUT2D eigenvalue weighted by Crippen LogP contribution is -2.33. The molecule has 2 atom stereocenters. The number of carboxylic acids is 1. The number of carbonyl (C=O) groups is 2. The van der Waals surface area contributed by atoms with Crippen molar-refractivity contribution < 1.29 is 19.4 Å². The lowest BCUT2D eigenvalue weighted by atomic mass is 10.0. The lowest BCUT2D eigenvalue weighted by Gasteiger charge is -2.20. The van der Waals surface area contributed by atoms with Gasteiger partial charge in [-0.05, 0) is 37.6 Å². The highest BCUT2D eigenvalue weighted by atomic mass is 16.5. The molecule has 0 spiro atoms. The highest BCUT2D eigenvalue weighted by Crippen LogP contribution is 2.23. The van der Waals surface area contributed by atoms with Crippen molar-refractivity contribution in [3.63, 3.8) is 0 Å². The number of nitrogens with zero attached hydrogens (tertiary/aromatic N) is 1. The predicted molar refractivity (Wildman–Crippen MR) is 70.3 cm³/mol. The first-order valence-corrected chi connectivity index (χ1v) is 6.21. The Labute approximate surface area is 111 Å². The van der Waals surface area contributed by atoms with E-state index in [1.165, 1.54) is 12.1 Å². The molecule has 102 valence electrons. The zero-order valence-corrected chi connectivity index (χ0v) is 11.0. The van der Waals surface area contributed by atoms with Crippen molar-refractivity contribution in [2.75, 3.05) is 18.6 Å². The van der Waals surface area contributed by atoms with Gasteiger partial charge in [0.15, 0.2) is 0 Å². The van der Waals surface area contributed by atoms with Gasteiger partial charge in [-0.15, -0.1) is 0 Å². The molecule has 1 aliphatic rings. The summed E-state index contributed by atoms with van der Waals surface area (Å²) in [6, 6.07) is 6.27. The molecule has 2 rings (SSSR count). The SMILES string of the molecule is CC1CC(C(=O)N(C)c2ccc(C(=O)O)cc2)CO1. The fourth-order valence-corrected chi connectivity index (χ4v) is 2.22. The predicted octanol–water partition coefficient (Wildman–Crippen LogP) is 1.77. The minimum absolute atomic E-state index is 0.00688. The summed E-state index contributed by atoms with van der Waals surface area (Å²) in [5.74, 6) is -1.08. The second-order valence-corrected chi connectivity index (χ2v) is 4.83. The molecule has 5 nitrogen and oxygen atoms in total. The fraction of sp³-hybridized carbons (Fsp3) is 0.429. The second kappa shape index (κ2) is 5.40. The number of amides is 1. The maximum atomic E-state index is 12.2. The smallest absolute Gasteiger partial charge is 0.335 e. The molecule has 1 fully saturated rings. The molecule has 1 amide bonds. The Morgan fingerprint density at radius 1 is 1.32 bits per heavy atom. The summed E-state index contributed by atoms with van der Waals surface area (Å²) in [7, 11) is 1.70. The van der Waals surface area contributed by atoms with Gasteiger partial charge >= 0.3 is 5.97 Å². The first-order valence-electron chi connectivity index (χ1n) is 6.21. The van der Waals surface area contributed by atoms with Gasteiger partial charge in [0, 0.05) is 12.7 Å². The van der Waals surface area contributed by atoms with Crippen LogP contribution >= 0.6 is 0 Å². The third-order valence-electron chi connectivity index (χ3n) is 3.38. The van der Waals surface area contributed by atoms with Crippen molar-refractivity contribution in [2.45, 2.75) is 19.4 Å². The number of carboxylic acid groups (broad SMARTS) is 1. The number of benzene rings is 1. The van der Waals surface area contributed by atoms with E-state index in [0.717, 1.165) is 6.42 Å². The summed E-state index contributed by atoms with van der Waals surface area (Å²) in [6.07, 6.45) is 0.855. The molecule has 0 saturated carbocycles. The zero-order chi connectivity index (χ0) is 14.0. The van der Waals surface area contributed by atoms with E-state index in [1.807, 2.05) is 6.92 Å². The van der Waals surface area contributed by atoms with E-state index in [0.29, 0.717) is 12.3 Å². The summed E-state index contributed by atoms with van der Waals surface area (Å²) in [6.45, 7) is 2.41. The van der Waals surface area contributed by atoms with E-state index in [4.69, 9.17) is 9.84 Å². The third kappa shape index (κ3) is 2.93. The van der Waals surface area contributed by atoms with E-state index < -0.39 is 5.97 Å². The van der Waals surface area contributed by atoms with Crippen LogP contribution in [-0.4, -0.2) is 36.7 Å². The molecule has 19 heavy (non-hydrogen) atoms. The molecule has 1 N–H and O–H groups in total. The lowest BCUT2D eigenvalue weighted by molar-refractivity contribution is -0.122. The van der Waals surface area contributed by atoms with Gasteiger partial charge in [0.1, 0.15) is 0 Å². The Bertz CT molecular complexity index is 483. The largest absolute Gasteiger partial charge is 0.478 e. The first-order chi connectivity index (χ1) is 8.99. The molecular weight excluding hydrogens is 246 g/mol. The summed E-state index contributed by atoms with van der Waals surface area (Å²) >= 11 is 0. The van der Waals surface area contributed by atoms with Gasteiger partial charge in [0.25, 0.3) is 0 Å². The molecule has 1 aliphatic heterocycles. The molecule has 1 aromatic rings. The number of anilines is 1. The normalized spacial score (nSPS) is 22.2. The summed E-state index contributed by atoms with van der Waals surface area (Å²) in [5.41, 5.74) is 0.900. The van der Waals surface area contributed by atoms with Gasteiger partial charge in [-0.2, -0.15) is 0 Å². The summed E-state index contributed by atoms with van der Waals surface area (Å²) in [5, 5.41) is 8.83. The van der Waals surface area contributed by atoms with Gasteiger partial charge in [-0.1, -0.05) is 0 Å². The summed E-state index contributed by atoms with van der Waals surface area (Å²) in [4.78, 5) is 24.6. The molecule has 1 saturated heterocycles. The van der Waals surface area contributed by atoms with Gasteiger partial charge in [-0.25, -0.2) is 4.79 Å². The van der Waals surface area contributed by atoms with Crippen LogP contribution in [0.15, 0.2) is 24.3 Å². The van der Waals surface area contributed by atoms with Crippen molar-refractivity contribution in [1.82, 2.24) is 0 Å². The monoisotopic (exact) mass is 263 g/mol. The van der Waals surface area contributed by atoms with Crippen molar-refractivity contribution >= 4 is 17.6 Å². The maximum Gasteiger partial charge on any atom is 0.335 e. The minimum Gasteiger partial charge on any atom is -0.478 e. The standard InChI is InChI=1S/C14H17NO4/c1-9-7-11(8-19-9)13(16)15(2)12-5-3-10(4-6-12)14(17)18/h3-6,9,11H,7-8H2,1-2H3,(H,17,18). The number of ether oxygens (including phenoxy) is 1. The van der Waals surface area contributed by atoms with E-state index in [2.05, 4.69) is 0 Å². The van der Waals surface area contributed by atoms with Crippen LogP contribution in [0.5, 0.6) is 0 Å². The van der Waals surface area contributed by atoms with Crippen LogP contribution in [0.25, 0.3) is 0 Å². The topological polar surface area (TPSA) is 66.8 Å². The van der Waals surface area contributed by atoms with Crippen LogP contribution in [0.2, 0.25) is 0 Å². The van der Waals surface area contributed by atoms with E-state index in [-0.39, 0.29) is 23.5 Å². The molecule has 0 aliphatic carbocycles. The Morgan fingerprint density at radius 3 is 2.42 bits per heavy atom. The molecule has 0 bridgehead atoms. The van der Waals surface area contributed by atoms with Gasteiger partial charge < -0.3 is 14.7 Å². The van der Waals surface area contributed by atoms with E-state index in [1.54, 1.807) is 24.1 Å². The van der Waals surface area contributed by atoms with Crippen LogP contribution in [0, 0.1) is 5.92 Å². The quantitative estimate of drug-likeness (QED) is 0.902. The molecule has 5 heteroatoms. The fourth-order valence-electron chi connectivity index (χ4n) is 2.22. The number of rotatable bonds is 3. The van der Waals surface area contributed by atoms with Crippen molar-refractivity contribution in [2.24, 2.45) is 5.92 Å². The Hall–Kier alpha value is -1.88. The zero-order valence-electron chi connectivity index (χ0n) is 11.0. The number of hydrogen-bond donors (Lipinski definition) is 1. The first kappa shape index (κ1) is 13.5. The maximum absolute atomic E-state index is 12.2. The molecule has 2 unspecified atom stereocenters. The van der Waals surface area contributed by atoms with E-state index >= 15 is 0 Å². The van der Waals surface area contributed by atoms with Crippen molar-refractivity contribution in [1.29, 1.82) is 0 Å². The highest BCUT2D eigenvalue weighted by molar-refractivity contribution is 5.95. The van der Waals surface area contributed by atoms with Crippen LogP contribution in [-0.2, 0) is 9.53 Å². The Balaban J connectivity index is 2.08. The molecule has 0 aromatic heterocycles. The van der Waals surface area contributed by atoms with Crippen LogP contribution < -0.4 is 4.90 Å². The second-order valence-electron chi connectivity index (χ2n) is 4.83. The number of aromatic carboxylic acids is 1. The number of hydrogen-bond acceptors (Lipinski definition) is 3. The van der Waals surface area contributed by atoms with Gasteiger partial charge in [0.05, 0.1) is 24.2 Å². The van der Waals surface area contributed by atoms with Crippen LogP contribution in [0.4, 0.5) is 5.69 Å². The third-order valence-corrected chi connectivity index (χ3v) is 3.38. The van der Waals surface area contributed by atoms with E-state index in [9.17, 15) is 9.59 Å².